The van der Waals surface area contributed by atoms with E-state index in [9.17, 15) is 9.59 Å². The number of hydrogen-bond acceptors (Lipinski definition) is 6. The molecule has 0 unspecified atom stereocenters. The summed E-state index contributed by atoms with van der Waals surface area (Å²) in [5.41, 5.74) is 1.47. The largest absolute Gasteiger partial charge is 0.497 e. The van der Waals surface area contributed by atoms with Gasteiger partial charge in [-0.3, -0.25) is 14.5 Å². The van der Waals surface area contributed by atoms with Crippen molar-refractivity contribution in [2.75, 3.05) is 52.4 Å². The molecule has 2 N–H and O–H groups in total. The van der Waals surface area contributed by atoms with Gasteiger partial charge in [0.2, 0.25) is 0 Å². The number of hydrogen-bond donors (Lipinski definition) is 2. The first-order valence-corrected chi connectivity index (χ1v) is 11.2. The molecule has 1 heterocycles. The Morgan fingerprint density at radius 3 is 2.50 bits per heavy atom. The number of morpholine rings is 1. The molecule has 1 fully saturated rings. The Labute approximate surface area is 198 Å². The van der Waals surface area contributed by atoms with Gasteiger partial charge in [0.1, 0.15) is 11.5 Å². The van der Waals surface area contributed by atoms with E-state index in [0.29, 0.717) is 30.4 Å². The van der Waals surface area contributed by atoms with Gasteiger partial charge in [-0.25, -0.2) is 0 Å². The molecule has 1 aliphatic rings. The lowest BCUT2D eigenvalue weighted by Gasteiger charge is -2.35. The lowest BCUT2D eigenvalue weighted by atomic mass is 9.97. The highest BCUT2D eigenvalue weighted by molar-refractivity contribution is 6.39. The number of anilines is 1. The fourth-order valence-corrected chi connectivity index (χ4v) is 4.23. The van der Waals surface area contributed by atoms with Crippen molar-refractivity contribution in [1.82, 2.24) is 10.2 Å². The predicted octanol–water partition coefficient (Wildman–Crippen LogP) is 2.99. The van der Waals surface area contributed by atoms with Crippen LogP contribution in [0.25, 0.3) is 10.8 Å². The van der Waals surface area contributed by atoms with Crippen LogP contribution in [-0.2, 0) is 14.3 Å². The molecule has 4 rings (SSSR count). The van der Waals surface area contributed by atoms with Crippen LogP contribution in [0.4, 0.5) is 5.69 Å². The highest BCUT2D eigenvalue weighted by atomic mass is 16.5. The van der Waals surface area contributed by atoms with E-state index in [1.165, 1.54) is 14.2 Å². The quantitative estimate of drug-likeness (QED) is 0.524. The average molecular weight is 464 g/mol. The second kappa shape index (κ2) is 11.0. The summed E-state index contributed by atoms with van der Waals surface area (Å²) in [6, 6.07) is 19.2. The Bertz CT molecular complexity index is 1150. The molecule has 0 aromatic heterocycles. The number of rotatable bonds is 7. The van der Waals surface area contributed by atoms with Crippen LogP contribution >= 0.6 is 0 Å². The van der Waals surface area contributed by atoms with Crippen LogP contribution in [0.1, 0.15) is 11.6 Å². The molecule has 2 amide bonds. The van der Waals surface area contributed by atoms with Crippen LogP contribution in [-0.4, -0.2) is 63.8 Å². The average Bonchev–Trinajstić information content (AvgIpc) is 2.89. The monoisotopic (exact) mass is 463 g/mol. The van der Waals surface area contributed by atoms with E-state index in [2.05, 4.69) is 39.8 Å². The van der Waals surface area contributed by atoms with Gasteiger partial charge >= 0.3 is 11.8 Å². The zero-order chi connectivity index (χ0) is 23.9. The Kier molecular flexibility index (Phi) is 7.61. The number of fused-ring (bicyclic) bond motifs is 1. The Morgan fingerprint density at radius 1 is 0.971 bits per heavy atom. The second-order valence-corrected chi connectivity index (χ2v) is 7.96. The van der Waals surface area contributed by atoms with Gasteiger partial charge in [0.15, 0.2) is 0 Å². The molecule has 3 aromatic carbocycles. The molecule has 1 saturated heterocycles. The van der Waals surface area contributed by atoms with Crippen molar-refractivity contribution in [2.45, 2.75) is 6.04 Å². The fraction of sp³-hybridized carbons (Fsp3) is 0.308. The Balaban J connectivity index is 1.51. The maximum atomic E-state index is 12.7. The van der Waals surface area contributed by atoms with Crippen molar-refractivity contribution >= 4 is 28.3 Å². The minimum absolute atomic E-state index is 0.0990. The second-order valence-electron chi connectivity index (χ2n) is 7.96. The molecule has 0 radical (unpaired) electrons. The van der Waals surface area contributed by atoms with Crippen molar-refractivity contribution < 1.29 is 23.8 Å². The summed E-state index contributed by atoms with van der Waals surface area (Å²) in [5.74, 6) is -0.516. The van der Waals surface area contributed by atoms with E-state index in [1.54, 1.807) is 18.2 Å². The fourth-order valence-electron chi connectivity index (χ4n) is 4.23. The summed E-state index contributed by atoms with van der Waals surface area (Å²) in [6.45, 7) is 3.04. The van der Waals surface area contributed by atoms with E-state index in [0.717, 1.165) is 29.4 Å². The van der Waals surface area contributed by atoms with Crippen molar-refractivity contribution in [3.8, 4) is 11.5 Å². The molecule has 0 bridgehead atoms. The molecule has 0 aliphatic carbocycles. The third-order valence-electron chi connectivity index (χ3n) is 5.99. The van der Waals surface area contributed by atoms with Gasteiger partial charge in [0.25, 0.3) is 0 Å². The van der Waals surface area contributed by atoms with Crippen molar-refractivity contribution in [2.24, 2.45) is 0 Å². The molecule has 0 saturated carbocycles. The van der Waals surface area contributed by atoms with Gasteiger partial charge in [-0.2, -0.15) is 0 Å². The van der Waals surface area contributed by atoms with Crippen LogP contribution < -0.4 is 20.1 Å². The molecule has 178 valence electrons. The first-order chi connectivity index (χ1) is 16.6. The molecule has 8 nitrogen and oxygen atoms in total. The zero-order valence-electron chi connectivity index (χ0n) is 19.4. The van der Waals surface area contributed by atoms with E-state index < -0.39 is 11.8 Å². The molecule has 34 heavy (non-hydrogen) atoms. The molecule has 1 atom stereocenters. The standard InChI is InChI=1S/C26H29N3O5/c1-32-19-10-11-24(33-2)22(16-19)28-26(31)25(30)27-17-23(29-12-14-34-15-13-29)21-9-5-7-18-6-3-4-8-20(18)21/h3-11,16,23H,12-15,17H2,1-2H3,(H,27,30)(H,28,31)/t23-/m1/s1. The van der Waals surface area contributed by atoms with E-state index >= 15 is 0 Å². The summed E-state index contributed by atoms with van der Waals surface area (Å²) < 4.78 is 16.0. The number of nitrogens with one attached hydrogen (secondary N) is 2. The van der Waals surface area contributed by atoms with Crippen molar-refractivity contribution in [3.63, 3.8) is 0 Å². The molecular weight excluding hydrogens is 434 g/mol. The maximum absolute atomic E-state index is 12.7. The van der Waals surface area contributed by atoms with Gasteiger partial charge in [-0.15, -0.1) is 0 Å². The Hall–Kier alpha value is -3.62. The number of amides is 2. The normalized spacial score (nSPS) is 14.9. The first kappa shape index (κ1) is 23.5. The van der Waals surface area contributed by atoms with E-state index in [1.807, 2.05) is 18.2 Å². The van der Waals surface area contributed by atoms with Crippen LogP contribution in [0, 0.1) is 0 Å². The van der Waals surface area contributed by atoms with Crippen LogP contribution in [0.2, 0.25) is 0 Å². The Morgan fingerprint density at radius 2 is 1.74 bits per heavy atom. The number of carbonyl (C=O) groups is 2. The van der Waals surface area contributed by atoms with Crippen LogP contribution in [0.15, 0.2) is 60.7 Å². The zero-order valence-corrected chi connectivity index (χ0v) is 19.4. The first-order valence-electron chi connectivity index (χ1n) is 11.2. The van der Waals surface area contributed by atoms with Gasteiger partial charge in [0, 0.05) is 25.7 Å². The molecule has 1 aliphatic heterocycles. The molecule has 0 spiro atoms. The predicted molar refractivity (Wildman–Crippen MR) is 130 cm³/mol. The number of carbonyl (C=O) groups excluding carboxylic acids is 2. The lowest BCUT2D eigenvalue weighted by molar-refractivity contribution is -0.136. The molecule has 3 aromatic rings. The number of ether oxygens (including phenoxy) is 3. The number of benzene rings is 3. The summed E-state index contributed by atoms with van der Waals surface area (Å²) >= 11 is 0. The number of nitrogens with zero attached hydrogens (tertiary/aromatic N) is 1. The van der Waals surface area contributed by atoms with E-state index in [4.69, 9.17) is 14.2 Å². The summed E-state index contributed by atoms with van der Waals surface area (Å²) in [5, 5.41) is 7.70. The summed E-state index contributed by atoms with van der Waals surface area (Å²) in [7, 11) is 3.02. The molecular formula is C26H29N3O5. The van der Waals surface area contributed by atoms with Gasteiger partial charge in [-0.05, 0) is 28.5 Å². The highest BCUT2D eigenvalue weighted by Gasteiger charge is 2.26. The van der Waals surface area contributed by atoms with Crippen LogP contribution in [0.3, 0.4) is 0 Å². The SMILES string of the molecule is COc1ccc(OC)c(NC(=O)C(=O)NC[C@H](c2cccc3ccccc23)N2CCOCC2)c1. The van der Waals surface area contributed by atoms with Gasteiger partial charge in [-0.1, -0.05) is 42.5 Å². The highest BCUT2D eigenvalue weighted by Crippen LogP contribution is 2.30. The number of methoxy groups -OCH3 is 2. The lowest BCUT2D eigenvalue weighted by Crippen LogP contribution is -2.45. The molecule has 8 heteroatoms. The van der Waals surface area contributed by atoms with Crippen molar-refractivity contribution in [1.29, 1.82) is 0 Å². The summed E-state index contributed by atoms with van der Waals surface area (Å²) in [6.07, 6.45) is 0. The maximum Gasteiger partial charge on any atom is 0.313 e. The van der Waals surface area contributed by atoms with E-state index in [-0.39, 0.29) is 12.6 Å². The third kappa shape index (κ3) is 5.30. The smallest absolute Gasteiger partial charge is 0.313 e. The van der Waals surface area contributed by atoms with Crippen molar-refractivity contribution in [3.05, 3.63) is 66.2 Å². The summed E-state index contributed by atoms with van der Waals surface area (Å²) in [4.78, 5) is 27.7. The van der Waals surface area contributed by atoms with Crippen LogP contribution in [0.5, 0.6) is 11.5 Å². The minimum atomic E-state index is -0.773. The minimum Gasteiger partial charge on any atom is -0.497 e. The third-order valence-corrected chi connectivity index (χ3v) is 5.99. The van der Waals surface area contributed by atoms with Gasteiger partial charge in [0.05, 0.1) is 39.2 Å². The van der Waals surface area contributed by atoms with Gasteiger partial charge < -0.3 is 24.8 Å². The topological polar surface area (TPSA) is 89.1 Å².